The molecule has 1 atom stereocenters. The second-order valence-electron chi connectivity index (χ2n) is 4.33. The second-order valence-corrected chi connectivity index (χ2v) is 4.33. The largest absolute Gasteiger partial charge is 0.384 e. The smallest absolute Gasteiger partial charge is 0.0543 e. The van der Waals surface area contributed by atoms with Gasteiger partial charge in [0, 0.05) is 25.6 Å². The van der Waals surface area contributed by atoms with E-state index < -0.39 is 0 Å². The molecule has 0 amide bonds. The van der Waals surface area contributed by atoms with Gasteiger partial charge in [-0.25, -0.2) is 0 Å². The van der Waals surface area contributed by atoms with Gasteiger partial charge in [-0.15, -0.1) is 0 Å². The van der Waals surface area contributed by atoms with Gasteiger partial charge in [-0.2, -0.15) is 0 Å². The first-order valence-electron chi connectivity index (χ1n) is 5.10. The van der Waals surface area contributed by atoms with Crippen LogP contribution in [0.15, 0.2) is 0 Å². The van der Waals surface area contributed by atoms with Crippen molar-refractivity contribution in [3.63, 3.8) is 0 Å². The standard InChI is InChI=1S/C10H22N2O/c1-12-6-4-3-5-10(7-11,8-12)9-13-2/h3-9,11H2,1-2H3. The molecule has 0 radical (unpaired) electrons. The van der Waals surface area contributed by atoms with E-state index in [-0.39, 0.29) is 5.41 Å². The number of rotatable bonds is 3. The Kier molecular flexibility index (Phi) is 4.16. The third-order valence-corrected chi connectivity index (χ3v) is 2.99. The van der Waals surface area contributed by atoms with Crippen LogP contribution in [-0.4, -0.2) is 45.3 Å². The van der Waals surface area contributed by atoms with E-state index in [1.165, 1.54) is 25.8 Å². The fraction of sp³-hybridized carbons (Fsp3) is 1.00. The van der Waals surface area contributed by atoms with Crippen LogP contribution >= 0.6 is 0 Å². The van der Waals surface area contributed by atoms with E-state index in [1.807, 2.05) is 0 Å². The summed E-state index contributed by atoms with van der Waals surface area (Å²) >= 11 is 0. The summed E-state index contributed by atoms with van der Waals surface area (Å²) in [5, 5.41) is 0. The molecular formula is C10H22N2O. The number of methoxy groups -OCH3 is 1. The molecule has 3 nitrogen and oxygen atoms in total. The van der Waals surface area contributed by atoms with Gasteiger partial charge in [-0.05, 0) is 26.4 Å². The molecule has 0 aliphatic carbocycles. The van der Waals surface area contributed by atoms with Crippen molar-refractivity contribution in [1.29, 1.82) is 0 Å². The van der Waals surface area contributed by atoms with E-state index in [0.717, 1.165) is 19.7 Å². The van der Waals surface area contributed by atoms with E-state index in [1.54, 1.807) is 7.11 Å². The van der Waals surface area contributed by atoms with Crippen LogP contribution in [0, 0.1) is 5.41 Å². The lowest BCUT2D eigenvalue weighted by Gasteiger charge is -2.33. The number of nitrogens with two attached hydrogens (primary N) is 1. The molecule has 0 aromatic rings. The Morgan fingerprint density at radius 3 is 2.85 bits per heavy atom. The van der Waals surface area contributed by atoms with Crippen molar-refractivity contribution in [2.45, 2.75) is 19.3 Å². The lowest BCUT2D eigenvalue weighted by Crippen LogP contribution is -2.43. The van der Waals surface area contributed by atoms with Crippen LogP contribution in [0.4, 0.5) is 0 Å². The molecule has 1 heterocycles. The molecule has 0 bridgehead atoms. The molecule has 1 saturated heterocycles. The first-order chi connectivity index (χ1) is 6.22. The van der Waals surface area contributed by atoms with Gasteiger partial charge in [0.05, 0.1) is 6.61 Å². The highest BCUT2D eigenvalue weighted by molar-refractivity contribution is 4.85. The van der Waals surface area contributed by atoms with Crippen molar-refractivity contribution >= 4 is 0 Å². The van der Waals surface area contributed by atoms with Gasteiger partial charge in [0.25, 0.3) is 0 Å². The van der Waals surface area contributed by atoms with Gasteiger partial charge in [-0.3, -0.25) is 0 Å². The van der Waals surface area contributed by atoms with Gasteiger partial charge in [0.1, 0.15) is 0 Å². The summed E-state index contributed by atoms with van der Waals surface area (Å²) in [6.45, 7) is 3.82. The Balaban J connectivity index is 2.59. The molecule has 1 aliphatic rings. The normalized spacial score (nSPS) is 31.6. The minimum atomic E-state index is 0.208. The molecule has 1 rings (SSSR count). The van der Waals surface area contributed by atoms with Gasteiger partial charge >= 0.3 is 0 Å². The van der Waals surface area contributed by atoms with Crippen LogP contribution in [0.2, 0.25) is 0 Å². The van der Waals surface area contributed by atoms with Crippen molar-refractivity contribution in [1.82, 2.24) is 4.90 Å². The summed E-state index contributed by atoms with van der Waals surface area (Å²) in [5.74, 6) is 0. The number of hydrogen-bond acceptors (Lipinski definition) is 3. The van der Waals surface area contributed by atoms with Crippen molar-refractivity contribution < 1.29 is 4.74 Å². The fourth-order valence-corrected chi connectivity index (χ4v) is 2.26. The number of nitrogens with zero attached hydrogens (tertiary/aromatic N) is 1. The number of hydrogen-bond donors (Lipinski definition) is 1. The molecule has 0 aromatic carbocycles. The van der Waals surface area contributed by atoms with E-state index in [4.69, 9.17) is 10.5 Å². The molecule has 1 aliphatic heterocycles. The maximum absolute atomic E-state index is 5.85. The molecule has 1 fully saturated rings. The first kappa shape index (κ1) is 11.0. The van der Waals surface area contributed by atoms with Crippen LogP contribution < -0.4 is 5.73 Å². The molecule has 78 valence electrons. The van der Waals surface area contributed by atoms with Gasteiger partial charge < -0.3 is 15.4 Å². The van der Waals surface area contributed by atoms with Crippen molar-refractivity contribution in [2.75, 3.05) is 40.4 Å². The summed E-state index contributed by atoms with van der Waals surface area (Å²) in [7, 11) is 3.94. The van der Waals surface area contributed by atoms with Gasteiger partial charge in [-0.1, -0.05) is 6.42 Å². The molecule has 2 N–H and O–H groups in total. The van der Waals surface area contributed by atoms with Crippen LogP contribution in [0.5, 0.6) is 0 Å². The zero-order chi connectivity index (χ0) is 9.73. The predicted octanol–water partition coefficient (Wildman–Crippen LogP) is 0.694. The third kappa shape index (κ3) is 2.93. The van der Waals surface area contributed by atoms with Crippen LogP contribution in [-0.2, 0) is 4.74 Å². The predicted molar refractivity (Wildman–Crippen MR) is 54.7 cm³/mol. The van der Waals surface area contributed by atoms with E-state index in [0.29, 0.717) is 0 Å². The molecule has 1 unspecified atom stereocenters. The summed E-state index contributed by atoms with van der Waals surface area (Å²) in [6.07, 6.45) is 3.79. The van der Waals surface area contributed by atoms with Crippen molar-refractivity contribution in [3.8, 4) is 0 Å². The fourth-order valence-electron chi connectivity index (χ4n) is 2.26. The lowest BCUT2D eigenvalue weighted by atomic mass is 9.84. The van der Waals surface area contributed by atoms with Crippen LogP contribution in [0.3, 0.4) is 0 Å². The molecular weight excluding hydrogens is 164 g/mol. The SMILES string of the molecule is COCC1(CN)CCCCN(C)C1. The highest BCUT2D eigenvalue weighted by Crippen LogP contribution is 2.27. The molecule has 0 saturated carbocycles. The lowest BCUT2D eigenvalue weighted by molar-refractivity contribution is 0.0602. The van der Waals surface area contributed by atoms with Gasteiger partial charge in [0.15, 0.2) is 0 Å². The molecule has 13 heavy (non-hydrogen) atoms. The summed E-state index contributed by atoms with van der Waals surface area (Å²) in [5.41, 5.74) is 6.06. The molecule has 3 heteroatoms. The highest BCUT2D eigenvalue weighted by Gasteiger charge is 2.31. The second kappa shape index (κ2) is 4.94. The summed E-state index contributed by atoms with van der Waals surface area (Å²) < 4.78 is 5.27. The average molecular weight is 186 g/mol. The topological polar surface area (TPSA) is 38.5 Å². The first-order valence-corrected chi connectivity index (χ1v) is 5.10. The third-order valence-electron chi connectivity index (χ3n) is 2.99. The van der Waals surface area contributed by atoms with Gasteiger partial charge in [0.2, 0.25) is 0 Å². The van der Waals surface area contributed by atoms with E-state index in [9.17, 15) is 0 Å². The minimum absolute atomic E-state index is 0.208. The monoisotopic (exact) mass is 186 g/mol. The highest BCUT2D eigenvalue weighted by atomic mass is 16.5. The maximum atomic E-state index is 5.85. The molecule has 0 aromatic heterocycles. The number of likely N-dealkylation sites (tertiary alicyclic amines) is 1. The van der Waals surface area contributed by atoms with E-state index >= 15 is 0 Å². The maximum Gasteiger partial charge on any atom is 0.0543 e. The Morgan fingerprint density at radius 2 is 2.23 bits per heavy atom. The minimum Gasteiger partial charge on any atom is -0.384 e. The van der Waals surface area contributed by atoms with Crippen molar-refractivity contribution in [3.05, 3.63) is 0 Å². The quantitative estimate of drug-likeness (QED) is 0.705. The number of ether oxygens (including phenoxy) is 1. The summed E-state index contributed by atoms with van der Waals surface area (Å²) in [4.78, 5) is 2.37. The molecule has 0 spiro atoms. The zero-order valence-electron chi connectivity index (χ0n) is 8.88. The van der Waals surface area contributed by atoms with Crippen LogP contribution in [0.25, 0.3) is 0 Å². The zero-order valence-corrected chi connectivity index (χ0v) is 8.88. The van der Waals surface area contributed by atoms with E-state index in [2.05, 4.69) is 11.9 Å². The Morgan fingerprint density at radius 1 is 1.46 bits per heavy atom. The van der Waals surface area contributed by atoms with Crippen molar-refractivity contribution in [2.24, 2.45) is 11.1 Å². The average Bonchev–Trinajstić information content (AvgIpc) is 2.29. The Hall–Kier alpha value is -0.120. The van der Waals surface area contributed by atoms with Crippen LogP contribution in [0.1, 0.15) is 19.3 Å². The Labute approximate surface area is 81.2 Å². The Bertz CT molecular complexity index is 152. The summed E-state index contributed by atoms with van der Waals surface area (Å²) in [6, 6.07) is 0.